The van der Waals surface area contributed by atoms with E-state index in [9.17, 15) is 9.59 Å². The van der Waals surface area contributed by atoms with E-state index in [0.29, 0.717) is 22.3 Å². The number of rotatable bonds is 3. The second-order valence-electron chi connectivity index (χ2n) is 6.19. The molecule has 6 heteroatoms. The Morgan fingerprint density at radius 1 is 1.12 bits per heavy atom. The van der Waals surface area contributed by atoms with Crippen molar-refractivity contribution in [3.63, 3.8) is 0 Å². The predicted molar refractivity (Wildman–Crippen MR) is 99.1 cm³/mol. The van der Waals surface area contributed by atoms with Gasteiger partial charge in [0.2, 0.25) is 0 Å². The van der Waals surface area contributed by atoms with Gasteiger partial charge in [-0.2, -0.15) is 0 Å². The summed E-state index contributed by atoms with van der Waals surface area (Å²) >= 11 is 0. The molecule has 0 fully saturated rings. The molecule has 2 heterocycles. The van der Waals surface area contributed by atoms with E-state index in [-0.39, 0.29) is 5.56 Å². The molecule has 4 rings (SSSR count). The topological polar surface area (TPSA) is 77.0 Å². The number of esters is 1. The van der Waals surface area contributed by atoms with Crippen LogP contribution in [0.4, 0.5) is 0 Å². The summed E-state index contributed by atoms with van der Waals surface area (Å²) in [6, 6.07) is 14.7. The molecule has 1 N–H and O–H groups in total. The molecule has 0 saturated heterocycles. The molecule has 0 spiro atoms. The van der Waals surface area contributed by atoms with Gasteiger partial charge in [-0.05, 0) is 25.1 Å². The van der Waals surface area contributed by atoms with E-state index < -0.39 is 12.1 Å². The van der Waals surface area contributed by atoms with Gasteiger partial charge in [0.15, 0.2) is 11.9 Å². The standard InChI is InChI=1S/C20H17N3O3/c1-12(18-21-16-9-5-3-8-14(16)19(24)22-18)26-20(25)15-11-23(2)17-10-6-4-7-13(15)17/h3-12H,1-2H3,(H,21,22,24)/t12-/m0/s1. The third-order valence-corrected chi connectivity index (χ3v) is 4.42. The lowest BCUT2D eigenvalue weighted by Gasteiger charge is -2.12. The summed E-state index contributed by atoms with van der Waals surface area (Å²) in [6.45, 7) is 1.69. The molecule has 130 valence electrons. The van der Waals surface area contributed by atoms with Crippen LogP contribution in [0.25, 0.3) is 21.8 Å². The van der Waals surface area contributed by atoms with Crippen molar-refractivity contribution in [3.05, 3.63) is 76.5 Å². The number of fused-ring (bicyclic) bond motifs is 2. The molecule has 2 aromatic heterocycles. The highest BCUT2D eigenvalue weighted by Crippen LogP contribution is 2.23. The van der Waals surface area contributed by atoms with Gasteiger partial charge in [-0.15, -0.1) is 0 Å². The largest absolute Gasteiger partial charge is 0.451 e. The van der Waals surface area contributed by atoms with Crippen LogP contribution in [0.1, 0.15) is 29.2 Å². The first kappa shape index (κ1) is 16.1. The molecular formula is C20H17N3O3. The fourth-order valence-electron chi connectivity index (χ4n) is 3.08. The van der Waals surface area contributed by atoms with Crippen molar-refractivity contribution in [1.29, 1.82) is 0 Å². The zero-order valence-corrected chi connectivity index (χ0v) is 14.4. The van der Waals surface area contributed by atoms with Crippen LogP contribution in [0.15, 0.2) is 59.5 Å². The molecule has 26 heavy (non-hydrogen) atoms. The van der Waals surface area contributed by atoms with Crippen LogP contribution in [-0.2, 0) is 11.8 Å². The van der Waals surface area contributed by atoms with Crippen LogP contribution >= 0.6 is 0 Å². The van der Waals surface area contributed by atoms with Crippen molar-refractivity contribution in [2.75, 3.05) is 0 Å². The lowest BCUT2D eigenvalue weighted by atomic mass is 10.2. The Labute approximate surface area is 149 Å². The van der Waals surface area contributed by atoms with Crippen LogP contribution in [0.5, 0.6) is 0 Å². The van der Waals surface area contributed by atoms with Gasteiger partial charge in [-0.25, -0.2) is 9.78 Å². The van der Waals surface area contributed by atoms with Crippen LogP contribution in [0.2, 0.25) is 0 Å². The number of aromatic nitrogens is 3. The van der Waals surface area contributed by atoms with E-state index >= 15 is 0 Å². The van der Waals surface area contributed by atoms with E-state index in [1.165, 1.54) is 0 Å². The van der Waals surface area contributed by atoms with E-state index in [0.717, 1.165) is 10.9 Å². The summed E-state index contributed by atoms with van der Waals surface area (Å²) in [5, 5.41) is 1.33. The van der Waals surface area contributed by atoms with Crippen LogP contribution < -0.4 is 5.56 Å². The second-order valence-corrected chi connectivity index (χ2v) is 6.19. The number of carbonyl (C=O) groups is 1. The molecule has 0 amide bonds. The molecular weight excluding hydrogens is 330 g/mol. The summed E-state index contributed by atoms with van der Waals surface area (Å²) in [4.78, 5) is 32.0. The minimum absolute atomic E-state index is 0.251. The zero-order valence-electron chi connectivity index (χ0n) is 14.4. The highest BCUT2D eigenvalue weighted by atomic mass is 16.5. The molecule has 0 saturated carbocycles. The first-order valence-corrected chi connectivity index (χ1v) is 8.28. The Morgan fingerprint density at radius 3 is 2.62 bits per heavy atom. The number of ether oxygens (including phenoxy) is 1. The van der Waals surface area contributed by atoms with E-state index in [4.69, 9.17) is 4.74 Å². The smallest absolute Gasteiger partial charge is 0.341 e. The van der Waals surface area contributed by atoms with E-state index in [1.54, 1.807) is 31.3 Å². The van der Waals surface area contributed by atoms with Gasteiger partial charge in [0.05, 0.1) is 16.5 Å². The molecule has 0 aliphatic heterocycles. The van der Waals surface area contributed by atoms with Gasteiger partial charge < -0.3 is 14.3 Å². The van der Waals surface area contributed by atoms with Crippen molar-refractivity contribution in [2.24, 2.45) is 7.05 Å². The number of para-hydroxylation sites is 2. The fraction of sp³-hybridized carbons (Fsp3) is 0.150. The Morgan fingerprint density at radius 2 is 1.81 bits per heavy atom. The molecule has 0 bridgehead atoms. The Hall–Kier alpha value is -3.41. The molecule has 0 aliphatic carbocycles. The maximum absolute atomic E-state index is 12.6. The number of aryl methyl sites for hydroxylation is 1. The van der Waals surface area contributed by atoms with Gasteiger partial charge >= 0.3 is 5.97 Å². The molecule has 0 aliphatic rings. The number of H-pyrrole nitrogens is 1. The quantitative estimate of drug-likeness (QED) is 0.577. The SMILES string of the molecule is C[C@H](OC(=O)c1cn(C)c2ccccc12)c1nc2ccccc2c(=O)[nH]1. The first-order chi connectivity index (χ1) is 12.5. The summed E-state index contributed by atoms with van der Waals surface area (Å²) in [7, 11) is 1.88. The number of aromatic amines is 1. The van der Waals surface area contributed by atoms with Crippen LogP contribution in [0.3, 0.4) is 0 Å². The molecule has 0 unspecified atom stereocenters. The molecule has 2 aromatic carbocycles. The number of nitrogens with zero attached hydrogens (tertiary/aromatic N) is 2. The Kier molecular flexibility index (Phi) is 3.80. The number of hydrogen-bond donors (Lipinski definition) is 1. The summed E-state index contributed by atoms with van der Waals surface area (Å²) in [5.41, 5.74) is 1.75. The second kappa shape index (κ2) is 6.15. The average molecular weight is 347 g/mol. The van der Waals surface area contributed by atoms with Crippen molar-refractivity contribution < 1.29 is 9.53 Å². The lowest BCUT2D eigenvalue weighted by molar-refractivity contribution is 0.0322. The summed E-state index contributed by atoms with van der Waals surface area (Å²) < 4.78 is 7.44. The first-order valence-electron chi connectivity index (χ1n) is 8.28. The third kappa shape index (κ3) is 2.65. The Bertz CT molecular complexity index is 1190. The van der Waals surface area contributed by atoms with E-state index in [1.807, 2.05) is 41.9 Å². The van der Waals surface area contributed by atoms with Crippen LogP contribution in [-0.4, -0.2) is 20.5 Å². The maximum Gasteiger partial charge on any atom is 0.341 e. The van der Waals surface area contributed by atoms with Gasteiger partial charge in [-0.1, -0.05) is 30.3 Å². The normalized spacial score (nSPS) is 12.4. The third-order valence-electron chi connectivity index (χ3n) is 4.42. The highest BCUT2D eigenvalue weighted by molar-refractivity contribution is 6.04. The van der Waals surface area contributed by atoms with Gasteiger partial charge in [0, 0.05) is 24.1 Å². The monoisotopic (exact) mass is 347 g/mol. The van der Waals surface area contributed by atoms with Crippen molar-refractivity contribution in [3.8, 4) is 0 Å². The van der Waals surface area contributed by atoms with Crippen molar-refractivity contribution >= 4 is 27.8 Å². The van der Waals surface area contributed by atoms with Gasteiger partial charge in [0.1, 0.15) is 0 Å². The van der Waals surface area contributed by atoms with E-state index in [2.05, 4.69) is 9.97 Å². The van der Waals surface area contributed by atoms with Gasteiger partial charge in [-0.3, -0.25) is 4.79 Å². The van der Waals surface area contributed by atoms with Crippen LogP contribution in [0, 0.1) is 0 Å². The zero-order chi connectivity index (χ0) is 18.3. The minimum Gasteiger partial charge on any atom is -0.451 e. The number of benzene rings is 2. The number of carbonyl (C=O) groups excluding carboxylic acids is 1. The lowest BCUT2D eigenvalue weighted by Crippen LogP contribution is -2.17. The molecule has 4 aromatic rings. The van der Waals surface area contributed by atoms with Crippen molar-refractivity contribution in [2.45, 2.75) is 13.0 Å². The Balaban J connectivity index is 1.66. The van der Waals surface area contributed by atoms with Crippen molar-refractivity contribution in [1.82, 2.24) is 14.5 Å². The molecule has 6 nitrogen and oxygen atoms in total. The fourth-order valence-corrected chi connectivity index (χ4v) is 3.08. The highest BCUT2D eigenvalue weighted by Gasteiger charge is 2.20. The molecule has 1 atom stereocenters. The summed E-state index contributed by atoms with van der Waals surface area (Å²) in [6.07, 6.45) is 1.06. The predicted octanol–water partition coefficient (Wildman–Crippen LogP) is 3.33. The minimum atomic E-state index is -0.682. The maximum atomic E-state index is 12.6. The van der Waals surface area contributed by atoms with Gasteiger partial charge in [0.25, 0.3) is 5.56 Å². The molecule has 0 radical (unpaired) electrons. The number of hydrogen-bond acceptors (Lipinski definition) is 4. The summed E-state index contributed by atoms with van der Waals surface area (Å²) in [5.74, 6) is -0.132. The average Bonchev–Trinajstić information content (AvgIpc) is 2.99. The number of nitrogens with one attached hydrogen (secondary N) is 1.